The molecule has 1 heterocycles. The van der Waals surface area contributed by atoms with Crippen molar-refractivity contribution in [2.75, 3.05) is 6.61 Å². The number of aromatic nitrogens is 2. The Balaban J connectivity index is 1.48. The van der Waals surface area contributed by atoms with Gasteiger partial charge in [0.25, 0.3) is 11.8 Å². The second-order valence-corrected chi connectivity index (χ2v) is 7.13. The van der Waals surface area contributed by atoms with Gasteiger partial charge in [-0.15, -0.1) is 0 Å². The number of nitrogens with zero attached hydrogens (tertiary/aromatic N) is 2. The monoisotopic (exact) mass is 377 g/mol. The topological polar surface area (TPSA) is 77.2 Å². The lowest BCUT2D eigenvalue weighted by Crippen LogP contribution is -2.36. The molecule has 4 rings (SSSR count). The fourth-order valence-corrected chi connectivity index (χ4v) is 3.49. The lowest BCUT2D eigenvalue weighted by molar-refractivity contribution is -0.123. The number of carbonyl (C=O) groups is 1. The van der Waals surface area contributed by atoms with E-state index in [1.807, 2.05) is 49.4 Å². The van der Waals surface area contributed by atoms with Crippen molar-refractivity contribution in [1.82, 2.24) is 15.5 Å². The Morgan fingerprint density at radius 3 is 2.82 bits per heavy atom. The lowest BCUT2D eigenvalue weighted by atomic mass is 10.1. The van der Waals surface area contributed by atoms with Gasteiger partial charge in [0.1, 0.15) is 5.75 Å². The third kappa shape index (κ3) is 4.22. The highest BCUT2D eigenvalue weighted by Crippen LogP contribution is 2.30. The standard InChI is InChI=1S/C22H23N3O3/c1-15-7-6-8-16(13-15)21-24-22(28-25-21)18-11-4-5-12-19(18)27-14-20(26)23-17-9-2-3-10-17/h4-8,11-13,17H,2-3,9-10,14H2,1H3,(H,23,26). The van der Waals surface area contributed by atoms with Gasteiger partial charge in [0.05, 0.1) is 5.56 Å². The molecule has 28 heavy (non-hydrogen) atoms. The first kappa shape index (κ1) is 18.2. The average molecular weight is 377 g/mol. The first-order chi connectivity index (χ1) is 13.7. The molecule has 0 atom stereocenters. The maximum absolute atomic E-state index is 12.2. The molecule has 6 heteroatoms. The number of para-hydroxylation sites is 1. The Labute approximate surface area is 163 Å². The van der Waals surface area contributed by atoms with Crippen LogP contribution in [0.2, 0.25) is 0 Å². The normalized spacial score (nSPS) is 14.2. The molecule has 6 nitrogen and oxygen atoms in total. The molecule has 1 aliphatic carbocycles. The SMILES string of the molecule is Cc1cccc(-c2noc(-c3ccccc3OCC(=O)NC3CCCC3)n2)c1. The van der Waals surface area contributed by atoms with E-state index in [0.717, 1.165) is 24.0 Å². The molecule has 0 aliphatic heterocycles. The highest BCUT2D eigenvalue weighted by Gasteiger charge is 2.19. The summed E-state index contributed by atoms with van der Waals surface area (Å²) in [5.41, 5.74) is 2.69. The molecule has 0 unspecified atom stereocenters. The molecule has 2 aromatic carbocycles. The zero-order valence-electron chi connectivity index (χ0n) is 15.9. The van der Waals surface area contributed by atoms with Crippen molar-refractivity contribution < 1.29 is 14.1 Å². The summed E-state index contributed by atoms with van der Waals surface area (Å²) in [6.45, 7) is 1.98. The zero-order valence-corrected chi connectivity index (χ0v) is 15.9. The van der Waals surface area contributed by atoms with Crippen molar-refractivity contribution in [2.45, 2.75) is 38.6 Å². The molecule has 1 saturated carbocycles. The van der Waals surface area contributed by atoms with Crippen molar-refractivity contribution in [3.8, 4) is 28.6 Å². The molecule has 144 valence electrons. The molecule has 1 fully saturated rings. The number of hydrogen-bond acceptors (Lipinski definition) is 5. The minimum atomic E-state index is -0.104. The number of carbonyl (C=O) groups excluding carboxylic acids is 1. The number of aryl methyl sites for hydroxylation is 1. The Hall–Kier alpha value is -3.15. The van der Waals surface area contributed by atoms with Gasteiger partial charge in [-0.05, 0) is 38.0 Å². The van der Waals surface area contributed by atoms with Crippen LogP contribution in [0.3, 0.4) is 0 Å². The van der Waals surface area contributed by atoms with Crippen molar-refractivity contribution >= 4 is 5.91 Å². The number of amides is 1. The van der Waals surface area contributed by atoms with Gasteiger partial charge < -0.3 is 14.6 Å². The summed E-state index contributed by atoms with van der Waals surface area (Å²) in [5.74, 6) is 1.33. The highest BCUT2D eigenvalue weighted by molar-refractivity contribution is 5.78. The molecule has 0 spiro atoms. The minimum Gasteiger partial charge on any atom is -0.483 e. The van der Waals surface area contributed by atoms with Gasteiger partial charge >= 0.3 is 0 Å². The Morgan fingerprint density at radius 1 is 1.18 bits per heavy atom. The van der Waals surface area contributed by atoms with Crippen LogP contribution in [-0.2, 0) is 4.79 Å². The van der Waals surface area contributed by atoms with Crippen LogP contribution in [0, 0.1) is 6.92 Å². The number of nitrogens with one attached hydrogen (secondary N) is 1. The number of hydrogen-bond donors (Lipinski definition) is 1. The summed E-state index contributed by atoms with van der Waals surface area (Å²) in [6, 6.07) is 15.6. The molecule has 0 bridgehead atoms. The molecule has 1 aliphatic rings. The van der Waals surface area contributed by atoms with Crippen molar-refractivity contribution in [1.29, 1.82) is 0 Å². The van der Waals surface area contributed by atoms with Crippen molar-refractivity contribution in [3.05, 3.63) is 54.1 Å². The van der Waals surface area contributed by atoms with Gasteiger partial charge in [-0.25, -0.2) is 0 Å². The number of rotatable bonds is 6. The third-order valence-corrected chi connectivity index (χ3v) is 4.90. The van der Waals surface area contributed by atoms with E-state index >= 15 is 0 Å². The molecular formula is C22H23N3O3. The molecule has 0 radical (unpaired) electrons. The quantitative estimate of drug-likeness (QED) is 0.698. The van der Waals surface area contributed by atoms with Gasteiger partial charge in [-0.1, -0.05) is 53.9 Å². The van der Waals surface area contributed by atoms with Crippen LogP contribution in [0.25, 0.3) is 22.8 Å². The first-order valence-electron chi connectivity index (χ1n) is 9.61. The predicted octanol–water partition coefficient (Wildman–Crippen LogP) is 4.15. The van der Waals surface area contributed by atoms with E-state index in [1.54, 1.807) is 6.07 Å². The zero-order chi connectivity index (χ0) is 19.3. The molecule has 1 N–H and O–H groups in total. The van der Waals surface area contributed by atoms with E-state index in [0.29, 0.717) is 23.0 Å². The van der Waals surface area contributed by atoms with Crippen LogP contribution >= 0.6 is 0 Å². The maximum atomic E-state index is 12.2. The smallest absolute Gasteiger partial charge is 0.262 e. The number of ether oxygens (including phenoxy) is 1. The van der Waals surface area contributed by atoms with Crippen molar-refractivity contribution in [2.24, 2.45) is 0 Å². The molecule has 0 saturated heterocycles. The van der Waals surface area contributed by atoms with E-state index in [1.165, 1.54) is 12.8 Å². The third-order valence-electron chi connectivity index (χ3n) is 4.90. The molecule has 1 amide bonds. The fourth-order valence-electron chi connectivity index (χ4n) is 3.49. The van der Waals surface area contributed by atoms with Crippen LogP contribution in [0.1, 0.15) is 31.2 Å². The molecule has 3 aromatic rings. The van der Waals surface area contributed by atoms with Crippen LogP contribution < -0.4 is 10.1 Å². The van der Waals surface area contributed by atoms with Crippen LogP contribution in [0.15, 0.2) is 53.1 Å². The van der Waals surface area contributed by atoms with Crippen LogP contribution in [-0.4, -0.2) is 28.7 Å². The van der Waals surface area contributed by atoms with E-state index in [2.05, 4.69) is 15.5 Å². The fraction of sp³-hybridized carbons (Fsp3) is 0.318. The lowest BCUT2D eigenvalue weighted by Gasteiger charge is -2.13. The Morgan fingerprint density at radius 2 is 2.00 bits per heavy atom. The second kappa shape index (κ2) is 8.25. The summed E-state index contributed by atoms with van der Waals surface area (Å²) in [5, 5.41) is 7.11. The van der Waals surface area contributed by atoms with Gasteiger partial charge in [0.2, 0.25) is 5.82 Å². The largest absolute Gasteiger partial charge is 0.483 e. The van der Waals surface area contributed by atoms with Gasteiger partial charge in [-0.3, -0.25) is 4.79 Å². The van der Waals surface area contributed by atoms with E-state index in [9.17, 15) is 4.79 Å². The maximum Gasteiger partial charge on any atom is 0.262 e. The summed E-state index contributed by atoms with van der Waals surface area (Å²) < 4.78 is 11.2. The molecular weight excluding hydrogens is 354 g/mol. The van der Waals surface area contributed by atoms with Crippen molar-refractivity contribution in [3.63, 3.8) is 0 Å². The highest BCUT2D eigenvalue weighted by atomic mass is 16.5. The summed E-state index contributed by atoms with van der Waals surface area (Å²) >= 11 is 0. The number of benzene rings is 2. The Bertz CT molecular complexity index is 961. The first-order valence-corrected chi connectivity index (χ1v) is 9.61. The van der Waals surface area contributed by atoms with Crippen LogP contribution in [0.4, 0.5) is 0 Å². The van der Waals surface area contributed by atoms with E-state index in [4.69, 9.17) is 9.26 Å². The van der Waals surface area contributed by atoms with Gasteiger partial charge in [-0.2, -0.15) is 4.98 Å². The second-order valence-electron chi connectivity index (χ2n) is 7.13. The molecule has 1 aromatic heterocycles. The van der Waals surface area contributed by atoms with E-state index in [-0.39, 0.29) is 18.6 Å². The van der Waals surface area contributed by atoms with Gasteiger partial charge in [0, 0.05) is 11.6 Å². The van der Waals surface area contributed by atoms with Gasteiger partial charge in [0.15, 0.2) is 6.61 Å². The minimum absolute atomic E-state index is 0.0353. The van der Waals surface area contributed by atoms with E-state index < -0.39 is 0 Å². The summed E-state index contributed by atoms with van der Waals surface area (Å²) in [6.07, 6.45) is 4.45. The Kier molecular flexibility index (Phi) is 5.37. The predicted molar refractivity (Wildman–Crippen MR) is 106 cm³/mol. The summed E-state index contributed by atoms with van der Waals surface area (Å²) in [7, 11) is 0. The van der Waals surface area contributed by atoms with Crippen LogP contribution in [0.5, 0.6) is 5.75 Å². The summed E-state index contributed by atoms with van der Waals surface area (Å²) in [4.78, 5) is 16.7. The average Bonchev–Trinajstić information content (AvgIpc) is 3.39.